The number of amides is 1. The molecule has 474 valence electrons. The second-order valence-electron chi connectivity index (χ2n) is 24.7. The molecule has 0 bridgehead atoms. The number of hydrogen-bond acceptors (Lipinski definition) is 6. The Kier molecular flexibility index (Phi) is 59.1. The number of nitrogens with one attached hydrogen (secondary N) is 1. The normalized spacial score (nSPS) is 13.9. The Hall–Kier alpha value is -2.29. The Morgan fingerprint density at radius 2 is 0.765 bits per heavy atom. The highest BCUT2D eigenvalue weighted by Crippen LogP contribution is 2.43. The van der Waals surface area contributed by atoms with Gasteiger partial charge >= 0.3 is 13.8 Å². The molecule has 0 aliphatic carbocycles. The first-order valence-electron chi connectivity index (χ1n) is 34.6. The van der Waals surface area contributed by atoms with Gasteiger partial charge < -0.3 is 19.4 Å². The predicted octanol–water partition coefficient (Wildman–Crippen LogP) is 21.8. The molecule has 0 aliphatic heterocycles. The molecular formula is C71H134N2O7P+. The minimum absolute atomic E-state index is 0.0322. The van der Waals surface area contributed by atoms with Crippen LogP contribution in [0.25, 0.3) is 0 Å². The molecule has 0 aromatic rings. The lowest BCUT2D eigenvalue weighted by Crippen LogP contribution is -2.47. The highest BCUT2D eigenvalue weighted by Gasteiger charge is 2.30. The highest BCUT2D eigenvalue weighted by atomic mass is 31.2. The van der Waals surface area contributed by atoms with Crippen molar-refractivity contribution in [2.45, 2.75) is 341 Å². The number of nitrogens with zero attached hydrogens (tertiary/aromatic N) is 1. The number of carbonyl (C=O) groups is 2. The molecule has 10 heteroatoms. The second kappa shape index (κ2) is 60.8. The van der Waals surface area contributed by atoms with Crippen molar-refractivity contribution >= 4 is 19.7 Å². The third kappa shape index (κ3) is 62.1. The SMILES string of the molecule is CCCCC/C=C\C/C=C\C/C=C\C/C=C\CCCC(=O)OC(/C=C\CCCCCCCCCCC)C(COP(=O)(O)OCC[N+](C)(C)C)NC(=O)CCCCCCCCCCCCCCCCCCCCCCCCCCCCC. The zero-order chi connectivity index (χ0) is 59.3. The van der Waals surface area contributed by atoms with Crippen LogP contribution in [0.3, 0.4) is 0 Å². The molecule has 81 heavy (non-hydrogen) atoms. The summed E-state index contributed by atoms with van der Waals surface area (Å²) in [4.78, 5) is 37.8. The topological polar surface area (TPSA) is 111 Å². The number of allylic oxidation sites excluding steroid dienone is 9. The number of unbranched alkanes of at least 4 members (excludes halogenated alkanes) is 39. The molecule has 0 spiro atoms. The lowest BCUT2D eigenvalue weighted by molar-refractivity contribution is -0.870. The van der Waals surface area contributed by atoms with E-state index in [4.69, 9.17) is 13.8 Å². The molecular weight excluding hydrogens is 1020 g/mol. The largest absolute Gasteiger partial charge is 0.472 e. The van der Waals surface area contributed by atoms with Crippen molar-refractivity contribution in [3.8, 4) is 0 Å². The molecule has 0 aromatic heterocycles. The van der Waals surface area contributed by atoms with E-state index >= 15 is 0 Å². The monoisotopic (exact) mass is 1160 g/mol. The Bertz CT molecular complexity index is 1570. The van der Waals surface area contributed by atoms with E-state index in [1.54, 1.807) is 0 Å². The third-order valence-electron chi connectivity index (χ3n) is 15.5. The summed E-state index contributed by atoms with van der Waals surface area (Å²) in [6, 6.07) is -0.870. The van der Waals surface area contributed by atoms with Crippen molar-refractivity contribution in [2.24, 2.45) is 0 Å². The van der Waals surface area contributed by atoms with E-state index < -0.39 is 20.0 Å². The van der Waals surface area contributed by atoms with Gasteiger partial charge in [0.05, 0.1) is 33.8 Å². The van der Waals surface area contributed by atoms with E-state index in [1.165, 1.54) is 225 Å². The van der Waals surface area contributed by atoms with E-state index in [0.717, 1.165) is 64.2 Å². The van der Waals surface area contributed by atoms with Crippen LogP contribution in [-0.2, 0) is 27.9 Å². The van der Waals surface area contributed by atoms with E-state index in [9.17, 15) is 19.0 Å². The lowest BCUT2D eigenvalue weighted by Gasteiger charge is -2.27. The van der Waals surface area contributed by atoms with Gasteiger partial charge in [-0.3, -0.25) is 18.6 Å². The zero-order valence-electron chi connectivity index (χ0n) is 54.3. The maximum absolute atomic E-state index is 13.6. The maximum atomic E-state index is 13.6. The maximum Gasteiger partial charge on any atom is 0.472 e. The average Bonchev–Trinajstić information content (AvgIpc) is 3.43. The molecule has 3 atom stereocenters. The number of hydrogen-bond donors (Lipinski definition) is 2. The van der Waals surface area contributed by atoms with E-state index in [-0.39, 0.29) is 31.5 Å². The molecule has 1 amide bonds. The summed E-state index contributed by atoms with van der Waals surface area (Å²) >= 11 is 0. The summed E-state index contributed by atoms with van der Waals surface area (Å²) in [5.74, 6) is -0.560. The molecule has 9 nitrogen and oxygen atoms in total. The first-order valence-corrected chi connectivity index (χ1v) is 36.1. The highest BCUT2D eigenvalue weighted by molar-refractivity contribution is 7.47. The molecule has 0 aromatic carbocycles. The number of quaternary nitrogens is 1. The van der Waals surface area contributed by atoms with Gasteiger partial charge in [0, 0.05) is 12.8 Å². The van der Waals surface area contributed by atoms with Gasteiger partial charge in [0.25, 0.3) is 0 Å². The first kappa shape index (κ1) is 78.7. The van der Waals surface area contributed by atoms with Crippen molar-refractivity contribution in [2.75, 3.05) is 40.9 Å². The van der Waals surface area contributed by atoms with Crippen LogP contribution in [0.5, 0.6) is 0 Å². The summed E-state index contributed by atoms with van der Waals surface area (Å²) in [7, 11) is 1.48. The van der Waals surface area contributed by atoms with Crippen LogP contribution in [0, 0.1) is 0 Å². The minimum Gasteiger partial charge on any atom is -0.456 e. The standard InChI is InChI=1S/C71H133N2O7P/c1-7-10-13-16-19-22-25-27-29-31-32-33-34-35-36-37-38-39-40-42-43-45-48-51-54-57-60-63-70(74)72-68(67-79-81(76,77)78-66-65-73(4,5)6)69(62-59-56-53-50-47-24-21-18-15-12-9-3)80-71(75)64-61-58-55-52-49-46-44-41-30-28-26-23-20-17-14-11-8-2/h20,23,28,30,44,46,52,55,59,62,68-69H,7-19,21-22,24-27,29,31-43,45,47-51,53-54,56-58,60-61,63-67H2,1-6H3,(H-,72,74,76,77)/p+1/b23-20-,30-28-,46-44-,55-52-,62-59-. The van der Waals surface area contributed by atoms with Crippen LogP contribution >= 0.6 is 7.82 Å². The zero-order valence-corrected chi connectivity index (χ0v) is 55.2. The van der Waals surface area contributed by atoms with Crippen LogP contribution in [0.2, 0.25) is 0 Å². The first-order chi connectivity index (χ1) is 39.4. The molecule has 3 unspecified atom stereocenters. The van der Waals surface area contributed by atoms with E-state index in [0.29, 0.717) is 23.9 Å². The fourth-order valence-electron chi connectivity index (χ4n) is 10.1. The molecule has 0 heterocycles. The van der Waals surface area contributed by atoms with Crippen LogP contribution < -0.4 is 5.32 Å². The van der Waals surface area contributed by atoms with Gasteiger partial charge in [-0.2, -0.15) is 0 Å². The number of esters is 1. The van der Waals surface area contributed by atoms with Gasteiger partial charge in [-0.25, -0.2) is 4.57 Å². The molecule has 0 saturated heterocycles. The van der Waals surface area contributed by atoms with Crippen LogP contribution in [0.4, 0.5) is 0 Å². The summed E-state index contributed by atoms with van der Waals surface area (Å²) in [5.41, 5.74) is 0. The molecule has 0 rings (SSSR count). The van der Waals surface area contributed by atoms with Crippen LogP contribution in [-0.4, -0.2) is 74.3 Å². The number of phosphoric ester groups is 1. The number of carbonyl (C=O) groups excluding carboxylic acids is 2. The number of rotatable bonds is 63. The molecule has 2 N–H and O–H groups in total. The van der Waals surface area contributed by atoms with Crippen molar-refractivity contribution in [3.05, 3.63) is 60.8 Å². The van der Waals surface area contributed by atoms with E-state index in [1.807, 2.05) is 33.3 Å². The molecule has 0 aliphatic rings. The summed E-state index contributed by atoms with van der Waals surface area (Å²) in [5, 5.41) is 3.05. The van der Waals surface area contributed by atoms with Gasteiger partial charge in [0.1, 0.15) is 19.3 Å². The minimum atomic E-state index is -4.46. The number of likely N-dealkylation sites (N-methyl/N-ethyl adjacent to an activating group) is 1. The fraction of sp³-hybridized carbons (Fsp3) is 0.831. The molecule has 0 fully saturated rings. The summed E-state index contributed by atoms with van der Waals surface area (Å²) < 4.78 is 30.7. The molecule has 0 radical (unpaired) electrons. The van der Waals surface area contributed by atoms with E-state index in [2.05, 4.69) is 74.7 Å². The second-order valence-corrected chi connectivity index (χ2v) is 26.2. The lowest BCUT2D eigenvalue weighted by atomic mass is 10.0. The number of phosphoric acid groups is 1. The van der Waals surface area contributed by atoms with Crippen molar-refractivity contribution in [1.29, 1.82) is 0 Å². The van der Waals surface area contributed by atoms with Crippen molar-refractivity contribution in [1.82, 2.24) is 5.32 Å². The fourth-order valence-corrected chi connectivity index (χ4v) is 10.8. The summed E-state index contributed by atoms with van der Waals surface area (Å²) in [6.45, 7) is 6.98. The Morgan fingerprint density at radius 3 is 1.17 bits per heavy atom. The Balaban J connectivity index is 5.02. The van der Waals surface area contributed by atoms with Gasteiger partial charge in [-0.15, -0.1) is 0 Å². The van der Waals surface area contributed by atoms with Crippen LogP contribution in [0.1, 0.15) is 329 Å². The summed E-state index contributed by atoms with van der Waals surface area (Å²) in [6.07, 6.45) is 78.3. The van der Waals surface area contributed by atoms with Gasteiger partial charge in [-0.05, 0) is 70.3 Å². The predicted molar refractivity (Wildman–Crippen MR) is 351 cm³/mol. The Labute approximate surface area is 502 Å². The van der Waals surface area contributed by atoms with Gasteiger partial charge in [-0.1, -0.05) is 307 Å². The molecule has 0 saturated carbocycles. The average molecular weight is 1160 g/mol. The quantitative estimate of drug-likeness (QED) is 0.0205. The smallest absolute Gasteiger partial charge is 0.456 e. The van der Waals surface area contributed by atoms with Gasteiger partial charge in [0.15, 0.2) is 0 Å². The van der Waals surface area contributed by atoms with Crippen LogP contribution in [0.15, 0.2) is 60.8 Å². The van der Waals surface area contributed by atoms with Crippen molar-refractivity contribution < 1.29 is 37.3 Å². The third-order valence-corrected chi connectivity index (χ3v) is 16.4. The van der Waals surface area contributed by atoms with Gasteiger partial charge in [0.2, 0.25) is 5.91 Å². The van der Waals surface area contributed by atoms with Crippen molar-refractivity contribution in [3.63, 3.8) is 0 Å². The Morgan fingerprint density at radius 1 is 0.432 bits per heavy atom. The number of ether oxygens (including phenoxy) is 1.